The van der Waals surface area contributed by atoms with E-state index in [4.69, 9.17) is 0 Å². The molecule has 0 unspecified atom stereocenters. The van der Waals surface area contributed by atoms with Gasteiger partial charge in [0, 0.05) is 20.4 Å². The van der Waals surface area contributed by atoms with Crippen LogP contribution in [0.5, 0.6) is 0 Å². The lowest BCUT2D eigenvalue weighted by Crippen LogP contribution is -2.13. The predicted octanol–water partition coefficient (Wildman–Crippen LogP) is 1.25. The molecule has 0 atom stereocenters. The van der Waals surface area contributed by atoms with Crippen LogP contribution in [0.4, 0.5) is 0 Å². The third-order valence-corrected chi connectivity index (χ3v) is 2.75. The average Bonchev–Trinajstić information content (AvgIpc) is 2.53. The summed E-state index contributed by atoms with van der Waals surface area (Å²) in [5.74, 6) is -0.529. The van der Waals surface area contributed by atoms with E-state index in [1.807, 2.05) is 7.05 Å². The van der Waals surface area contributed by atoms with Gasteiger partial charge in [0.2, 0.25) is 0 Å². The Bertz CT molecular complexity index is 381. The number of carbonyl (C=O) groups excluding carboxylic acids is 2. The standard InChI is InChI=1S/C10H13BrN2O3/c1-7(14)16-6-8(15)3-4-10-9(11)5-12-13(10)2/h5H,3-4,6H2,1-2H3. The molecule has 0 bridgehead atoms. The topological polar surface area (TPSA) is 61.2 Å². The van der Waals surface area contributed by atoms with Gasteiger partial charge in [-0.15, -0.1) is 0 Å². The van der Waals surface area contributed by atoms with Crippen molar-refractivity contribution in [2.75, 3.05) is 6.61 Å². The molecule has 0 saturated carbocycles. The second-order valence-corrected chi connectivity index (χ2v) is 4.24. The van der Waals surface area contributed by atoms with E-state index < -0.39 is 5.97 Å². The van der Waals surface area contributed by atoms with E-state index in [0.29, 0.717) is 12.8 Å². The Kier molecular flexibility index (Phi) is 4.67. The van der Waals surface area contributed by atoms with E-state index in [9.17, 15) is 9.59 Å². The highest BCUT2D eigenvalue weighted by Gasteiger charge is 2.09. The van der Waals surface area contributed by atoms with E-state index in [1.165, 1.54) is 6.92 Å². The summed E-state index contributed by atoms with van der Waals surface area (Å²) in [6.07, 6.45) is 2.61. The van der Waals surface area contributed by atoms with E-state index >= 15 is 0 Å². The summed E-state index contributed by atoms with van der Waals surface area (Å²) in [7, 11) is 1.82. The van der Waals surface area contributed by atoms with Gasteiger partial charge >= 0.3 is 5.97 Å². The van der Waals surface area contributed by atoms with E-state index in [0.717, 1.165) is 10.2 Å². The van der Waals surface area contributed by atoms with Gasteiger partial charge in [-0.05, 0) is 22.4 Å². The Labute approximate surface area is 102 Å². The molecule has 6 heteroatoms. The van der Waals surface area contributed by atoms with Crippen LogP contribution in [0.3, 0.4) is 0 Å². The first-order valence-corrected chi connectivity index (χ1v) is 5.61. The van der Waals surface area contributed by atoms with Gasteiger partial charge < -0.3 is 4.74 Å². The first-order valence-electron chi connectivity index (χ1n) is 4.82. The molecule has 1 rings (SSSR count). The summed E-state index contributed by atoms with van der Waals surface area (Å²) in [6.45, 7) is 1.13. The molecule has 0 amide bonds. The lowest BCUT2D eigenvalue weighted by molar-refractivity contribution is -0.145. The highest BCUT2D eigenvalue weighted by atomic mass is 79.9. The first kappa shape index (κ1) is 12.9. The molecule has 0 aromatic carbocycles. The number of ether oxygens (including phenoxy) is 1. The monoisotopic (exact) mass is 288 g/mol. The van der Waals surface area contributed by atoms with E-state index in [2.05, 4.69) is 25.8 Å². The lowest BCUT2D eigenvalue weighted by Gasteiger charge is -2.03. The van der Waals surface area contributed by atoms with Crippen LogP contribution >= 0.6 is 15.9 Å². The molecule has 0 spiro atoms. The van der Waals surface area contributed by atoms with Crippen molar-refractivity contribution in [3.8, 4) is 0 Å². The highest BCUT2D eigenvalue weighted by molar-refractivity contribution is 9.10. The number of Topliss-reactive ketones (excluding diaryl/α,β-unsaturated/α-hetero) is 1. The van der Waals surface area contributed by atoms with Crippen LogP contribution in [0, 0.1) is 0 Å². The van der Waals surface area contributed by atoms with Crippen molar-refractivity contribution < 1.29 is 14.3 Å². The zero-order valence-corrected chi connectivity index (χ0v) is 10.8. The summed E-state index contributed by atoms with van der Waals surface area (Å²) >= 11 is 3.35. The molecule has 16 heavy (non-hydrogen) atoms. The normalized spacial score (nSPS) is 10.2. The molecule has 0 fully saturated rings. The summed E-state index contributed by atoms with van der Waals surface area (Å²) in [4.78, 5) is 21.8. The molecule has 1 aromatic heterocycles. The lowest BCUT2D eigenvalue weighted by atomic mass is 10.2. The second-order valence-electron chi connectivity index (χ2n) is 3.38. The van der Waals surface area contributed by atoms with Crippen LogP contribution in [0.15, 0.2) is 10.7 Å². The number of nitrogens with zero attached hydrogens (tertiary/aromatic N) is 2. The number of aryl methyl sites for hydroxylation is 1. The maximum absolute atomic E-state index is 11.3. The van der Waals surface area contributed by atoms with Crippen LogP contribution in [0.25, 0.3) is 0 Å². The zero-order chi connectivity index (χ0) is 12.1. The predicted molar refractivity (Wildman–Crippen MR) is 60.9 cm³/mol. The Morgan fingerprint density at radius 1 is 1.56 bits per heavy atom. The number of hydrogen-bond acceptors (Lipinski definition) is 4. The molecule has 0 aliphatic carbocycles. The number of aromatic nitrogens is 2. The molecule has 0 N–H and O–H groups in total. The summed E-state index contributed by atoms with van der Waals surface area (Å²) < 4.78 is 7.21. The van der Waals surface area contributed by atoms with Gasteiger partial charge in [0.25, 0.3) is 0 Å². The fourth-order valence-electron chi connectivity index (χ4n) is 1.23. The Hall–Kier alpha value is -1.17. The smallest absolute Gasteiger partial charge is 0.303 e. The third-order valence-electron chi connectivity index (χ3n) is 2.09. The highest BCUT2D eigenvalue weighted by Crippen LogP contribution is 2.16. The number of esters is 1. The number of hydrogen-bond donors (Lipinski definition) is 0. The van der Waals surface area contributed by atoms with Gasteiger partial charge in [0.15, 0.2) is 5.78 Å². The number of halogens is 1. The quantitative estimate of drug-likeness (QED) is 0.765. The van der Waals surface area contributed by atoms with Crippen LogP contribution in [0.2, 0.25) is 0 Å². The molecule has 0 saturated heterocycles. The van der Waals surface area contributed by atoms with Crippen LogP contribution in [-0.2, 0) is 27.8 Å². The van der Waals surface area contributed by atoms with Crippen LogP contribution in [-0.4, -0.2) is 28.1 Å². The molecule has 1 heterocycles. The van der Waals surface area contributed by atoms with E-state index in [-0.39, 0.29) is 12.4 Å². The first-order chi connectivity index (χ1) is 7.50. The molecular weight excluding hydrogens is 276 g/mol. The summed E-state index contributed by atoms with van der Waals surface area (Å²) in [5.41, 5.74) is 0.955. The minimum absolute atomic E-state index is 0.0942. The van der Waals surface area contributed by atoms with Crippen molar-refractivity contribution >= 4 is 27.7 Å². The fraction of sp³-hybridized carbons (Fsp3) is 0.500. The van der Waals surface area contributed by atoms with Crippen molar-refractivity contribution in [2.45, 2.75) is 19.8 Å². The molecule has 0 aliphatic rings. The van der Waals surface area contributed by atoms with Gasteiger partial charge in [0.05, 0.1) is 16.4 Å². The molecule has 0 aliphatic heterocycles. The summed E-state index contributed by atoms with van der Waals surface area (Å²) in [6, 6.07) is 0. The van der Waals surface area contributed by atoms with Crippen molar-refractivity contribution in [1.82, 2.24) is 9.78 Å². The molecule has 1 aromatic rings. The SMILES string of the molecule is CC(=O)OCC(=O)CCc1c(Br)cnn1C. The second kappa shape index (κ2) is 5.79. The fourth-order valence-corrected chi connectivity index (χ4v) is 1.78. The van der Waals surface area contributed by atoms with Crippen molar-refractivity contribution in [2.24, 2.45) is 7.05 Å². The van der Waals surface area contributed by atoms with Gasteiger partial charge in [0.1, 0.15) is 6.61 Å². The van der Waals surface area contributed by atoms with Gasteiger partial charge in [-0.2, -0.15) is 5.10 Å². The van der Waals surface area contributed by atoms with E-state index in [1.54, 1.807) is 10.9 Å². The maximum atomic E-state index is 11.3. The number of ketones is 1. The largest absolute Gasteiger partial charge is 0.458 e. The van der Waals surface area contributed by atoms with Crippen molar-refractivity contribution in [1.29, 1.82) is 0 Å². The minimum atomic E-state index is -0.435. The molecule has 88 valence electrons. The minimum Gasteiger partial charge on any atom is -0.458 e. The van der Waals surface area contributed by atoms with Gasteiger partial charge in [-0.1, -0.05) is 0 Å². The number of rotatable bonds is 5. The van der Waals surface area contributed by atoms with Crippen molar-refractivity contribution in [3.63, 3.8) is 0 Å². The van der Waals surface area contributed by atoms with Gasteiger partial charge in [-0.3, -0.25) is 14.3 Å². The van der Waals surface area contributed by atoms with Gasteiger partial charge in [-0.25, -0.2) is 0 Å². The van der Waals surface area contributed by atoms with Crippen LogP contribution < -0.4 is 0 Å². The summed E-state index contributed by atoms with van der Waals surface area (Å²) in [5, 5.41) is 4.04. The van der Waals surface area contributed by atoms with Crippen molar-refractivity contribution in [3.05, 3.63) is 16.4 Å². The Morgan fingerprint density at radius 3 is 2.75 bits per heavy atom. The van der Waals surface area contributed by atoms with Crippen LogP contribution in [0.1, 0.15) is 19.0 Å². The number of carbonyl (C=O) groups is 2. The Morgan fingerprint density at radius 2 is 2.25 bits per heavy atom. The average molecular weight is 289 g/mol. The zero-order valence-electron chi connectivity index (χ0n) is 9.20. The third kappa shape index (κ3) is 3.77. The maximum Gasteiger partial charge on any atom is 0.303 e. The molecule has 5 nitrogen and oxygen atoms in total. The molecular formula is C10H13BrN2O3. The molecule has 0 radical (unpaired) electrons. The Balaban J connectivity index is 2.40.